The van der Waals surface area contributed by atoms with Crippen molar-refractivity contribution in [2.75, 3.05) is 17.7 Å². The predicted molar refractivity (Wildman–Crippen MR) is 104 cm³/mol. The Balaban J connectivity index is 2.12. The van der Waals surface area contributed by atoms with Crippen molar-refractivity contribution in [1.82, 2.24) is 10.0 Å². The van der Waals surface area contributed by atoms with E-state index in [1.54, 1.807) is 38.1 Å². The highest BCUT2D eigenvalue weighted by Crippen LogP contribution is 2.16. The summed E-state index contributed by atoms with van der Waals surface area (Å²) in [4.78, 5) is 23.7. The van der Waals surface area contributed by atoms with Crippen LogP contribution in [0.2, 0.25) is 0 Å². The molecule has 0 saturated carbocycles. The minimum Gasteiger partial charge on any atom is -0.341 e. The van der Waals surface area contributed by atoms with Crippen molar-refractivity contribution in [3.63, 3.8) is 0 Å². The number of nitrogens with one attached hydrogen (secondary N) is 4. The molecule has 0 heterocycles. The number of hydrogen-bond donors (Lipinski definition) is 4. The quantitative estimate of drug-likeness (QED) is 0.606. The molecule has 2 aromatic rings. The fourth-order valence-corrected chi connectivity index (χ4v) is 3.51. The first-order valence-corrected chi connectivity index (χ1v) is 9.72. The summed E-state index contributed by atoms with van der Waals surface area (Å²) >= 11 is 0. The summed E-state index contributed by atoms with van der Waals surface area (Å²) < 4.78 is 27.0. The third-order valence-electron chi connectivity index (χ3n) is 3.43. The van der Waals surface area contributed by atoms with Crippen LogP contribution in [-0.4, -0.2) is 33.4 Å². The molecule has 2 rings (SSSR count). The van der Waals surface area contributed by atoms with Gasteiger partial charge in [-0.25, -0.2) is 17.9 Å². The summed E-state index contributed by atoms with van der Waals surface area (Å²) in [5, 5.41) is 7.73. The molecule has 0 unspecified atom stereocenters. The number of benzene rings is 2. The maximum Gasteiger partial charge on any atom is 0.318 e. The van der Waals surface area contributed by atoms with Crippen molar-refractivity contribution in [3.05, 3.63) is 54.1 Å². The van der Waals surface area contributed by atoms with Gasteiger partial charge in [-0.15, -0.1) is 0 Å². The average molecular weight is 390 g/mol. The van der Waals surface area contributed by atoms with E-state index >= 15 is 0 Å². The van der Waals surface area contributed by atoms with Gasteiger partial charge in [-0.05, 0) is 56.3 Å². The maximum atomic E-state index is 12.4. The van der Waals surface area contributed by atoms with Crippen LogP contribution in [0.15, 0.2) is 53.4 Å². The summed E-state index contributed by atoms with van der Waals surface area (Å²) in [6.07, 6.45) is 0. The Hall–Kier alpha value is -2.91. The van der Waals surface area contributed by atoms with Gasteiger partial charge in [0.25, 0.3) is 5.91 Å². The molecule has 144 valence electrons. The van der Waals surface area contributed by atoms with E-state index in [0.29, 0.717) is 11.4 Å². The lowest BCUT2D eigenvalue weighted by atomic mass is 10.2. The van der Waals surface area contributed by atoms with E-state index in [1.807, 2.05) is 0 Å². The molecule has 2 aromatic carbocycles. The molecule has 0 aliphatic heterocycles. The van der Waals surface area contributed by atoms with Crippen LogP contribution in [0.3, 0.4) is 0 Å². The number of carbonyl (C=O) groups excluding carboxylic acids is 2. The molecule has 0 saturated heterocycles. The summed E-state index contributed by atoms with van der Waals surface area (Å²) in [7, 11) is -2.18. The van der Waals surface area contributed by atoms with Crippen LogP contribution in [-0.2, 0) is 10.0 Å². The van der Waals surface area contributed by atoms with E-state index in [4.69, 9.17) is 0 Å². The molecule has 4 N–H and O–H groups in total. The van der Waals surface area contributed by atoms with E-state index in [9.17, 15) is 18.0 Å². The zero-order valence-electron chi connectivity index (χ0n) is 15.2. The largest absolute Gasteiger partial charge is 0.341 e. The fraction of sp³-hybridized carbons (Fsp3) is 0.222. The van der Waals surface area contributed by atoms with E-state index in [-0.39, 0.29) is 22.5 Å². The van der Waals surface area contributed by atoms with Gasteiger partial charge in [0.2, 0.25) is 10.0 Å². The van der Waals surface area contributed by atoms with E-state index in [1.165, 1.54) is 31.3 Å². The Bertz CT molecular complexity index is 925. The number of hydrogen-bond acceptors (Lipinski definition) is 4. The molecule has 0 spiro atoms. The van der Waals surface area contributed by atoms with Crippen molar-refractivity contribution in [2.45, 2.75) is 24.8 Å². The summed E-state index contributed by atoms with van der Waals surface area (Å²) in [5.41, 5.74) is 1.30. The lowest BCUT2D eigenvalue weighted by molar-refractivity contribution is 0.102. The van der Waals surface area contributed by atoms with Crippen molar-refractivity contribution in [2.24, 2.45) is 0 Å². The standard InChI is InChI=1S/C18H22N4O4S/c1-12(2)22-27(25,26)16-6-4-5-13(11-16)17(23)20-14-7-9-15(10-8-14)21-18(24)19-3/h4-12,22H,1-3H3,(H,20,23)(H2,19,21,24). The van der Waals surface area contributed by atoms with Gasteiger partial charge < -0.3 is 16.0 Å². The van der Waals surface area contributed by atoms with Crippen molar-refractivity contribution < 1.29 is 18.0 Å². The first-order valence-electron chi connectivity index (χ1n) is 8.24. The third kappa shape index (κ3) is 5.80. The molecule has 3 amide bonds. The molecule has 27 heavy (non-hydrogen) atoms. The zero-order chi connectivity index (χ0) is 20.0. The molecular formula is C18H22N4O4S. The smallest absolute Gasteiger partial charge is 0.318 e. The van der Waals surface area contributed by atoms with Gasteiger partial charge in [0.15, 0.2) is 0 Å². The number of amides is 3. The second-order valence-corrected chi connectivity index (χ2v) is 7.75. The van der Waals surface area contributed by atoms with Crippen LogP contribution in [0.4, 0.5) is 16.2 Å². The predicted octanol–water partition coefficient (Wildman–Crippen LogP) is 2.38. The highest BCUT2D eigenvalue weighted by atomic mass is 32.2. The Kier molecular flexibility index (Phi) is 6.54. The average Bonchev–Trinajstić information content (AvgIpc) is 2.62. The summed E-state index contributed by atoms with van der Waals surface area (Å²) in [6.45, 7) is 3.44. The SMILES string of the molecule is CNC(=O)Nc1ccc(NC(=O)c2cccc(S(=O)(=O)NC(C)C)c2)cc1. The van der Waals surface area contributed by atoms with Gasteiger partial charge >= 0.3 is 6.03 Å². The number of rotatable bonds is 6. The van der Waals surface area contributed by atoms with Gasteiger partial charge in [0.1, 0.15) is 0 Å². The monoisotopic (exact) mass is 390 g/mol. The van der Waals surface area contributed by atoms with E-state index in [2.05, 4.69) is 20.7 Å². The van der Waals surface area contributed by atoms with Crippen LogP contribution < -0.4 is 20.7 Å². The van der Waals surface area contributed by atoms with Crippen LogP contribution in [0.1, 0.15) is 24.2 Å². The molecule has 0 fully saturated rings. The van der Waals surface area contributed by atoms with Gasteiger partial charge in [-0.3, -0.25) is 4.79 Å². The van der Waals surface area contributed by atoms with Crippen LogP contribution >= 0.6 is 0 Å². The lowest BCUT2D eigenvalue weighted by Crippen LogP contribution is -2.30. The molecule has 0 aliphatic rings. The van der Waals surface area contributed by atoms with Gasteiger partial charge in [0.05, 0.1) is 4.90 Å². The number of urea groups is 1. The van der Waals surface area contributed by atoms with Crippen molar-refractivity contribution in [3.8, 4) is 0 Å². The van der Waals surface area contributed by atoms with Gasteiger partial charge in [-0.2, -0.15) is 0 Å². The lowest BCUT2D eigenvalue weighted by Gasteiger charge is -2.11. The van der Waals surface area contributed by atoms with Gasteiger partial charge in [0, 0.05) is 30.0 Å². The minimum absolute atomic E-state index is 0.0222. The van der Waals surface area contributed by atoms with Crippen LogP contribution in [0.5, 0.6) is 0 Å². The molecule has 0 atom stereocenters. The van der Waals surface area contributed by atoms with Crippen molar-refractivity contribution >= 4 is 33.3 Å². The molecule has 8 nitrogen and oxygen atoms in total. The van der Waals surface area contributed by atoms with Gasteiger partial charge in [-0.1, -0.05) is 6.07 Å². The summed E-state index contributed by atoms with van der Waals surface area (Å²) in [5.74, 6) is -0.441. The van der Waals surface area contributed by atoms with E-state index in [0.717, 1.165) is 0 Å². The minimum atomic E-state index is -3.68. The maximum absolute atomic E-state index is 12.4. The first-order chi connectivity index (χ1) is 12.7. The molecule has 0 bridgehead atoms. The molecule has 0 radical (unpaired) electrons. The van der Waals surface area contributed by atoms with Crippen LogP contribution in [0, 0.1) is 0 Å². The number of anilines is 2. The Morgan fingerprint density at radius 3 is 2.07 bits per heavy atom. The molecule has 9 heteroatoms. The number of sulfonamides is 1. The zero-order valence-corrected chi connectivity index (χ0v) is 16.1. The highest BCUT2D eigenvalue weighted by molar-refractivity contribution is 7.89. The topological polar surface area (TPSA) is 116 Å². The Morgan fingerprint density at radius 2 is 1.52 bits per heavy atom. The first kappa shape index (κ1) is 20.4. The normalized spacial score (nSPS) is 11.1. The Labute approximate surface area is 158 Å². The van der Waals surface area contributed by atoms with Crippen molar-refractivity contribution in [1.29, 1.82) is 0 Å². The molecule has 0 aromatic heterocycles. The second-order valence-electron chi connectivity index (χ2n) is 6.04. The molecular weight excluding hydrogens is 368 g/mol. The third-order valence-corrected chi connectivity index (χ3v) is 5.08. The number of carbonyl (C=O) groups is 2. The van der Waals surface area contributed by atoms with E-state index < -0.39 is 15.9 Å². The Morgan fingerprint density at radius 1 is 0.926 bits per heavy atom. The highest BCUT2D eigenvalue weighted by Gasteiger charge is 2.17. The second kappa shape index (κ2) is 8.65. The van der Waals surface area contributed by atoms with Crippen LogP contribution in [0.25, 0.3) is 0 Å². The fourth-order valence-electron chi connectivity index (χ4n) is 2.22. The summed E-state index contributed by atoms with van der Waals surface area (Å²) in [6, 6.07) is 11.7. The molecule has 0 aliphatic carbocycles.